The lowest BCUT2D eigenvalue weighted by Gasteiger charge is -2.28. The Morgan fingerprint density at radius 2 is 1.57 bits per heavy atom. The number of hydrogen-bond acceptors (Lipinski definition) is 12. The van der Waals surface area contributed by atoms with Gasteiger partial charge in [0.25, 0.3) is 0 Å². The van der Waals surface area contributed by atoms with Crippen molar-refractivity contribution in [1.29, 1.82) is 0 Å². The van der Waals surface area contributed by atoms with Crippen molar-refractivity contribution < 1.29 is 42.5 Å². The van der Waals surface area contributed by atoms with Gasteiger partial charge in [-0.05, 0) is 79.7 Å². The average molecular weight is 693 g/mol. The maximum absolute atomic E-state index is 13.7. The maximum Gasteiger partial charge on any atom is 0.425 e. The van der Waals surface area contributed by atoms with Gasteiger partial charge in [-0.1, -0.05) is 18.2 Å². The standard InChI is InChI=1S/C35H40N4O9S/c1-33(2,3)47-31(41)39(32(42)48-34(4,5)6)28-24-21(22-15-12-16-43-22)17-38(27(24)36-19-37-28)29-26-25(45-35(7,8)46-26)23(49-29)18-44-30(40)20-13-10-9-11-14-20/h9-17,19,23,25-26,29H,18H2,1-8H3/t23-,25-,26-,29-/m1/s1. The van der Waals surface area contributed by atoms with Crippen LogP contribution in [0.2, 0.25) is 0 Å². The Labute approximate surface area is 288 Å². The number of rotatable bonds is 6. The largest absolute Gasteiger partial charge is 0.464 e. The molecule has 49 heavy (non-hydrogen) atoms. The predicted octanol–water partition coefficient (Wildman–Crippen LogP) is 7.36. The zero-order valence-corrected chi connectivity index (χ0v) is 29.5. The van der Waals surface area contributed by atoms with Crippen LogP contribution < -0.4 is 4.90 Å². The number of imide groups is 1. The highest BCUT2D eigenvalue weighted by Gasteiger charge is 2.56. The van der Waals surface area contributed by atoms with Gasteiger partial charge in [0.2, 0.25) is 0 Å². The summed E-state index contributed by atoms with van der Waals surface area (Å²) in [6.45, 7) is 13.9. The van der Waals surface area contributed by atoms with Gasteiger partial charge in [0.05, 0.1) is 22.5 Å². The lowest BCUT2D eigenvalue weighted by molar-refractivity contribution is -0.149. The molecule has 0 aliphatic carbocycles. The molecule has 0 radical (unpaired) electrons. The molecule has 4 aromatic rings. The molecule has 2 amide bonds. The van der Waals surface area contributed by atoms with E-state index >= 15 is 0 Å². The van der Waals surface area contributed by atoms with E-state index in [1.807, 2.05) is 30.7 Å². The van der Waals surface area contributed by atoms with Crippen molar-refractivity contribution >= 4 is 46.8 Å². The lowest BCUT2D eigenvalue weighted by Crippen LogP contribution is -2.44. The number of ether oxygens (including phenoxy) is 5. The summed E-state index contributed by atoms with van der Waals surface area (Å²) in [5.74, 6) is -0.944. The zero-order valence-electron chi connectivity index (χ0n) is 28.7. The van der Waals surface area contributed by atoms with Gasteiger partial charge in [-0.3, -0.25) is 0 Å². The maximum atomic E-state index is 13.7. The van der Waals surface area contributed by atoms with Gasteiger partial charge in [-0.25, -0.2) is 24.4 Å². The van der Waals surface area contributed by atoms with E-state index in [4.69, 9.17) is 28.1 Å². The first-order valence-corrected chi connectivity index (χ1v) is 16.8. The van der Waals surface area contributed by atoms with Crippen LogP contribution in [0.1, 0.15) is 71.1 Å². The van der Waals surface area contributed by atoms with E-state index in [-0.39, 0.29) is 17.7 Å². The third-order valence-corrected chi connectivity index (χ3v) is 9.06. The highest BCUT2D eigenvalue weighted by Crippen LogP contribution is 2.53. The topological polar surface area (TPSA) is 144 Å². The molecule has 4 atom stereocenters. The number of anilines is 1. The minimum atomic E-state index is -0.968. The number of aromatic nitrogens is 3. The van der Waals surface area contributed by atoms with Crippen molar-refractivity contribution in [2.75, 3.05) is 11.5 Å². The van der Waals surface area contributed by atoms with Crippen LogP contribution in [0.15, 0.2) is 65.7 Å². The number of thioether (sulfide) groups is 1. The quantitative estimate of drug-likeness (QED) is 0.147. The van der Waals surface area contributed by atoms with Crippen LogP contribution in [-0.2, 0) is 23.7 Å². The van der Waals surface area contributed by atoms with Crippen LogP contribution in [0.3, 0.4) is 0 Å². The third kappa shape index (κ3) is 7.31. The minimum Gasteiger partial charge on any atom is -0.464 e. The molecule has 6 rings (SSSR count). The Morgan fingerprint density at radius 1 is 0.918 bits per heavy atom. The second-order valence-corrected chi connectivity index (χ2v) is 15.6. The fraction of sp³-hybridized carbons (Fsp3) is 0.457. The normalized spacial score (nSPS) is 21.7. The molecular formula is C35H40N4O9S. The molecule has 2 fully saturated rings. The van der Waals surface area contributed by atoms with E-state index in [1.54, 1.807) is 77.9 Å². The summed E-state index contributed by atoms with van der Waals surface area (Å²) < 4.78 is 37.6. The first kappa shape index (κ1) is 34.5. The van der Waals surface area contributed by atoms with Gasteiger partial charge >= 0.3 is 18.2 Å². The molecular weight excluding hydrogens is 652 g/mol. The summed E-state index contributed by atoms with van der Waals surface area (Å²) in [5.41, 5.74) is -0.506. The van der Waals surface area contributed by atoms with Crippen molar-refractivity contribution in [2.45, 2.75) is 95.2 Å². The molecule has 3 aromatic heterocycles. The lowest BCUT2D eigenvalue weighted by atomic mass is 10.1. The number of carbonyl (C=O) groups is 3. The second kappa shape index (κ2) is 12.8. The van der Waals surface area contributed by atoms with Gasteiger partial charge in [0.1, 0.15) is 53.1 Å². The molecule has 0 N–H and O–H groups in total. The van der Waals surface area contributed by atoms with Gasteiger partial charge in [-0.2, -0.15) is 4.90 Å². The highest BCUT2D eigenvalue weighted by molar-refractivity contribution is 8.00. The van der Waals surface area contributed by atoms with Gasteiger partial charge in [-0.15, -0.1) is 11.8 Å². The third-order valence-electron chi connectivity index (χ3n) is 7.53. The molecule has 5 heterocycles. The second-order valence-electron chi connectivity index (χ2n) is 14.2. The van der Waals surface area contributed by atoms with E-state index in [9.17, 15) is 14.4 Å². The van der Waals surface area contributed by atoms with Gasteiger partial charge in [0, 0.05) is 11.8 Å². The van der Waals surface area contributed by atoms with Gasteiger partial charge < -0.3 is 32.7 Å². The molecule has 0 unspecified atom stereocenters. The molecule has 260 valence electrons. The average Bonchev–Trinajstić information content (AvgIpc) is 3.78. The monoisotopic (exact) mass is 692 g/mol. The Kier molecular flexibility index (Phi) is 9.01. The highest BCUT2D eigenvalue weighted by atomic mass is 32.2. The number of fused-ring (bicyclic) bond motifs is 2. The van der Waals surface area contributed by atoms with Crippen LogP contribution in [-0.4, -0.2) is 73.7 Å². The SMILES string of the molecule is CC(C)(C)OC(=O)N(C(=O)OC(C)(C)C)c1ncnc2c1c(-c1ccco1)cn2[C@@H]1S[C@H](COC(=O)c2ccccc2)[C@H]2OC(C)(C)O[C@H]21. The molecule has 0 spiro atoms. The van der Waals surface area contributed by atoms with E-state index in [0.717, 1.165) is 4.90 Å². The Morgan fingerprint density at radius 3 is 2.18 bits per heavy atom. The first-order chi connectivity index (χ1) is 23.0. The summed E-state index contributed by atoms with van der Waals surface area (Å²) in [5, 5.41) is -0.378. The fourth-order valence-electron chi connectivity index (χ4n) is 5.75. The van der Waals surface area contributed by atoms with Crippen molar-refractivity contribution in [3.05, 3.63) is 66.8 Å². The molecule has 1 aromatic carbocycles. The van der Waals surface area contributed by atoms with Crippen LogP contribution in [0.25, 0.3) is 22.4 Å². The number of hydrogen-bond donors (Lipinski definition) is 0. The summed E-state index contributed by atoms with van der Waals surface area (Å²) >= 11 is 1.51. The fourth-order valence-corrected chi connectivity index (χ4v) is 7.27. The van der Waals surface area contributed by atoms with Crippen LogP contribution in [0.4, 0.5) is 15.4 Å². The number of esters is 1. The predicted molar refractivity (Wildman–Crippen MR) is 181 cm³/mol. The van der Waals surface area contributed by atoms with E-state index < -0.39 is 52.7 Å². The van der Waals surface area contributed by atoms with Crippen molar-refractivity contribution in [3.8, 4) is 11.3 Å². The Hall–Kier alpha value is -4.40. The summed E-state index contributed by atoms with van der Waals surface area (Å²) in [6, 6.07) is 12.3. The molecule has 0 bridgehead atoms. The van der Waals surface area contributed by atoms with Crippen molar-refractivity contribution in [2.24, 2.45) is 0 Å². The Balaban J connectivity index is 1.44. The molecule has 2 aliphatic heterocycles. The molecule has 14 heteroatoms. The van der Waals surface area contributed by atoms with E-state index in [1.165, 1.54) is 24.4 Å². The van der Waals surface area contributed by atoms with Crippen LogP contribution in [0, 0.1) is 0 Å². The number of furan rings is 1. The first-order valence-electron chi connectivity index (χ1n) is 15.9. The molecule has 13 nitrogen and oxygen atoms in total. The van der Waals surface area contributed by atoms with Crippen molar-refractivity contribution in [1.82, 2.24) is 14.5 Å². The number of nitrogens with zero attached hydrogens (tertiary/aromatic N) is 4. The minimum absolute atomic E-state index is 0.0459. The van der Waals surface area contributed by atoms with Crippen LogP contribution in [0.5, 0.6) is 0 Å². The van der Waals surface area contributed by atoms with Gasteiger partial charge in [0.15, 0.2) is 11.6 Å². The molecule has 0 saturated carbocycles. The summed E-state index contributed by atoms with van der Waals surface area (Å²) in [4.78, 5) is 50.1. The van der Waals surface area contributed by atoms with Crippen molar-refractivity contribution in [3.63, 3.8) is 0 Å². The number of benzene rings is 1. The summed E-state index contributed by atoms with van der Waals surface area (Å²) in [7, 11) is 0. The van der Waals surface area contributed by atoms with Crippen LogP contribution >= 0.6 is 11.8 Å². The molecule has 2 saturated heterocycles. The van der Waals surface area contributed by atoms with E-state index in [2.05, 4.69) is 9.97 Å². The molecule has 2 aliphatic rings. The summed E-state index contributed by atoms with van der Waals surface area (Å²) in [6.07, 6.45) is 1.77. The Bertz CT molecular complexity index is 1820. The number of amides is 2. The van der Waals surface area contributed by atoms with E-state index in [0.29, 0.717) is 27.9 Å². The smallest absolute Gasteiger partial charge is 0.425 e. The number of carbonyl (C=O) groups excluding carboxylic acids is 3. The zero-order chi connectivity index (χ0) is 35.3.